The van der Waals surface area contributed by atoms with Crippen LogP contribution in [0.1, 0.15) is 35.6 Å². The lowest BCUT2D eigenvalue weighted by Gasteiger charge is -2.13. The van der Waals surface area contributed by atoms with Crippen molar-refractivity contribution in [3.63, 3.8) is 0 Å². The standard InChI is InChI=1S/C20H24ClFN6O4/c1-3-14-16(21)28-18(15(27-14)17(23)29)26-13-7-11(6-12(22)8-13)4-5-25-19(30)10(2)9-32-20(24)31/h6-8,10H,3-5,9H2,1-2H3,(H2,23,29)(H2,24,31)(H,25,30)(H,26,28)/t10-/m0/s1. The van der Waals surface area contributed by atoms with Gasteiger partial charge in [-0.2, -0.15) is 0 Å². The molecule has 1 atom stereocenters. The number of hydrogen-bond donors (Lipinski definition) is 4. The van der Waals surface area contributed by atoms with E-state index in [2.05, 4.69) is 25.3 Å². The van der Waals surface area contributed by atoms with Crippen LogP contribution in [0.5, 0.6) is 0 Å². The minimum atomic E-state index is -0.959. The Balaban J connectivity index is 2.09. The van der Waals surface area contributed by atoms with E-state index in [-0.39, 0.29) is 35.7 Å². The first kappa shape index (κ1) is 24.8. The third-order valence-corrected chi connectivity index (χ3v) is 4.65. The van der Waals surface area contributed by atoms with Gasteiger partial charge in [0.25, 0.3) is 5.91 Å². The van der Waals surface area contributed by atoms with E-state index in [9.17, 15) is 18.8 Å². The zero-order valence-corrected chi connectivity index (χ0v) is 18.3. The second kappa shape index (κ2) is 11.2. The van der Waals surface area contributed by atoms with E-state index < -0.39 is 23.7 Å². The largest absolute Gasteiger partial charge is 0.449 e. The summed E-state index contributed by atoms with van der Waals surface area (Å²) in [7, 11) is 0. The summed E-state index contributed by atoms with van der Waals surface area (Å²) in [6.45, 7) is 3.45. The fraction of sp³-hybridized carbons (Fsp3) is 0.350. The number of primary amides is 2. The first-order valence-corrected chi connectivity index (χ1v) is 10.1. The number of aryl methyl sites for hydroxylation is 1. The average Bonchev–Trinajstić information content (AvgIpc) is 2.71. The summed E-state index contributed by atoms with van der Waals surface area (Å²) in [5.74, 6) is -2.26. The number of amides is 3. The molecule has 0 saturated carbocycles. The Morgan fingerprint density at radius 1 is 1.22 bits per heavy atom. The number of nitrogens with zero attached hydrogens (tertiary/aromatic N) is 2. The molecule has 172 valence electrons. The number of carbonyl (C=O) groups is 3. The number of nitrogens with two attached hydrogens (primary N) is 2. The Bertz CT molecular complexity index is 1020. The number of hydrogen-bond acceptors (Lipinski definition) is 7. The summed E-state index contributed by atoms with van der Waals surface area (Å²) in [5, 5.41) is 5.60. The number of halogens is 2. The maximum Gasteiger partial charge on any atom is 0.404 e. The second-order valence-corrected chi connectivity index (χ2v) is 7.28. The van der Waals surface area contributed by atoms with Crippen molar-refractivity contribution in [2.24, 2.45) is 17.4 Å². The van der Waals surface area contributed by atoms with Gasteiger partial charge in [0.05, 0.1) is 11.6 Å². The van der Waals surface area contributed by atoms with Gasteiger partial charge in [-0.25, -0.2) is 19.2 Å². The molecule has 32 heavy (non-hydrogen) atoms. The molecule has 12 heteroatoms. The minimum Gasteiger partial charge on any atom is -0.449 e. The summed E-state index contributed by atoms with van der Waals surface area (Å²) < 4.78 is 18.7. The topological polar surface area (TPSA) is 162 Å². The molecule has 0 unspecified atom stereocenters. The van der Waals surface area contributed by atoms with Crippen LogP contribution in [0, 0.1) is 11.7 Å². The molecule has 0 saturated heterocycles. The molecule has 0 aliphatic carbocycles. The summed E-state index contributed by atoms with van der Waals surface area (Å²) in [6, 6.07) is 4.15. The lowest BCUT2D eigenvalue weighted by atomic mass is 10.1. The van der Waals surface area contributed by atoms with Gasteiger partial charge in [-0.05, 0) is 36.6 Å². The second-order valence-electron chi connectivity index (χ2n) is 6.92. The zero-order valence-electron chi connectivity index (χ0n) is 17.6. The van der Waals surface area contributed by atoms with Gasteiger partial charge in [0.2, 0.25) is 5.91 Å². The van der Waals surface area contributed by atoms with Gasteiger partial charge in [0, 0.05) is 12.2 Å². The van der Waals surface area contributed by atoms with E-state index in [1.54, 1.807) is 19.9 Å². The molecular formula is C20H24ClFN6O4. The molecular weight excluding hydrogens is 443 g/mol. The van der Waals surface area contributed by atoms with E-state index >= 15 is 0 Å². The van der Waals surface area contributed by atoms with E-state index in [0.717, 1.165) is 0 Å². The molecule has 0 radical (unpaired) electrons. The molecule has 1 aromatic carbocycles. The van der Waals surface area contributed by atoms with Crippen molar-refractivity contribution in [1.29, 1.82) is 0 Å². The number of rotatable bonds is 10. The first-order valence-electron chi connectivity index (χ1n) is 9.73. The Labute approximate surface area is 188 Å². The molecule has 3 amide bonds. The number of nitrogens with one attached hydrogen (secondary N) is 2. The van der Waals surface area contributed by atoms with Crippen LogP contribution >= 0.6 is 11.6 Å². The summed E-state index contributed by atoms with van der Waals surface area (Å²) in [5.41, 5.74) is 11.4. The van der Waals surface area contributed by atoms with Gasteiger partial charge >= 0.3 is 6.09 Å². The van der Waals surface area contributed by atoms with Crippen LogP contribution in [0.15, 0.2) is 18.2 Å². The van der Waals surface area contributed by atoms with Gasteiger partial charge in [0.15, 0.2) is 16.7 Å². The van der Waals surface area contributed by atoms with Crippen molar-refractivity contribution in [3.05, 3.63) is 46.1 Å². The number of carbonyl (C=O) groups excluding carboxylic acids is 3. The molecule has 0 aliphatic heterocycles. The number of benzene rings is 1. The van der Waals surface area contributed by atoms with Gasteiger partial charge in [-0.1, -0.05) is 25.4 Å². The fourth-order valence-corrected chi connectivity index (χ4v) is 2.98. The normalized spacial score (nSPS) is 11.5. The van der Waals surface area contributed by atoms with E-state index in [4.69, 9.17) is 23.1 Å². The zero-order chi connectivity index (χ0) is 23.8. The fourth-order valence-electron chi connectivity index (χ4n) is 2.72. The van der Waals surface area contributed by atoms with Gasteiger partial charge in [-0.15, -0.1) is 0 Å². The van der Waals surface area contributed by atoms with Gasteiger partial charge < -0.3 is 26.8 Å². The Hall–Kier alpha value is -3.47. The molecule has 0 aliphatic rings. The molecule has 1 heterocycles. The molecule has 2 rings (SSSR count). The summed E-state index contributed by atoms with van der Waals surface area (Å²) in [4.78, 5) is 42.6. The molecule has 10 nitrogen and oxygen atoms in total. The Morgan fingerprint density at radius 3 is 2.56 bits per heavy atom. The molecule has 0 spiro atoms. The SMILES string of the molecule is CCc1nc(C(N)=O)c(Nc2cc(F)cc(CCNC(=O)[C@@H](C)COC(N)=O)c2)nc1Cl. The van der Waals surface area contributed by atoms with Crippen LogP contribution in [0.4, 0.5) is 20.7 Å². The highest BCUT2D eigenvalue weighted by atomic mass is 35.5. The number of aromatic nitrogens is 2. The maximum absolute atomic E-state index is 14.1. The van der Waals surface area contributed by atoms with E-state index in [0.29, 0.717) is 29.8 Å². The number of anilines is 2. The summed E-state index contributed by atoms with van der Waals surface area (Å²) in [6.07, 6.45) is -0.194. The molecule has 0 bridgehead atoms. The number of ether oxygens (including phenoxy) is 1. The van der Waals surface area contributed by atoms with Crippen LogP contribution in [-0.4, -0.2) is 41.0 Å². The predicted molar refractivity (Wildman–Crippen MR) is 116 cm³/mol. The smallest absolute Gasteiger partial charge is 0.404 e. The van der Waals surface area contributed by atoms with Crippen molar-refractivity contribution in [1.82, 2.24) is 15.3 Å². The molecule has 1 aromatic heterocycles. The van der Waals surface area contributed by atoms with Crippen LogP contribution in [0.3, 0.4) is 0 Å². The highest BCUT2D eigenvalue weighted by Crippen LogP contribution is 2.24. The predicted octanol–water partition coefficient (Wildman–Crippen LogP) is 2.06. The van der Waals surface area contributed by atoms with Crippen LogP contribution in [0.25, 0.3) is 0 Å². The third-order valence-electron chi connectivity index (χ3n) is 4.34. The van der Waals surface area contributed by atoms with Crippen molar-refractivity contribution >= 4 is 41.0 Å². The van der Waals surface area contributed by atoms with E-state index in [1.807, 2.05) is 0 Å². The monoisotopic (exact) mass is 466 g/mol. The average molecular weight is 467 g/mol. The summed E-state index contributed by atoms with van der Waals surface area (Å²) >= 11 is 6.08. The quantitative estimate of drug-likeness (QED) is 0.416. The maximum atomic E-state index is 14.1. The van der Waals surface area contributed by atoms with Crippen molar-refractivity contribution in [2.45, 2.75) is 26.7 Å². The van der Waals surface area contributed by atoms with Crippen LogP contribution in [-0.2, 0) is 22.4 Å². The lowest BCUT2D eigenvalue weighted by Crippen LogP contribution is -2.34. The van der Waals surface area contributed by atoms with Crippen LogP contribution < -0.4 is 22.1 Å². The molecule has 6 N–H and O–H groups in total. The minimum absolute atomic E-state index is 0.00725. The van der Waals surface area contributed by atoms with Gasteiger partial charge in [0.1, 0.15) is 12.4 Å². The highest BCUT2D eigenvalue weighted by Gasteiger charge is 2.17. The van der Waals surface area contributed by atoms with Crippen molar-refractivity contribution in [3.8, 4) is 0 Å². The highest BCUT2D eigenvalue weighted by molar-refractivity contribution is 6.30. The lowest BCUT2D eigenvalue weighted by molar-refractivity contribution is -0.125. The Kier molecular flexibility index (Phi) is 8.71. The third kappa shape index (κ3) is 7.05. The molecule has 2 aromatic rings. The Morgan fingerprint density at radius 2 is 1.94 bits per heavy atom. The first-order chi connectivity index (χ1) is 15.1. The van der Waals surface area contributed by atoms with Crippen LogP contribution in [0.2, 0.25) is 5.15 Å². The van der Waals surface area contributed by atoms with Crippen molar-refractivity contribution < 1.29 is 23.5 Å². The van der Waals surface area contributed by atoms with Gasteiger partial charge in [-0.3, -0.25) is 9.59 Å². The molecule has 0 fully saturated rings. The van der Waals surface area contributed by atoms with Crippen molar-refractivity contribution in [2.75, 3.05) is 18.5 Å². The van der Waals surface area contributed by atoms with E-state index in [1.165, 1.54) is 12.1 Å².